The topological polar surface area (TPSA) is 322 Å². The molecule has 66 heavy (non-hydrogen) atoms. The molecule has 19 heteroatoms. The van der Waals surface area contributed by atoms with Gasteiger partial charge in [0.15, 0.2) is 0 Å². The van der Waals surface area contributed by atoms with Gasteiger partial charge in [0.2, 0.25) is 23.6 Å². The van der Waals surface area contributed by atoms with Crippen LogP contribution in [0.4, 0.5) is 11.5 Å². The Morgan fingerprint density at radius 3 is 2.14 bits per heavy atom. The van der Waals surface area contributed by atoms with Gasteiger partial charge in [0, 0.05) is 43.2 Å². The van der Waals surface area contributed by atoms with Gasteiger partial charge in [-0.2, -0.15) is 5.26 Å². The highest BCUT2D eigenvalue weighted by Gasteiger charge is 2.36. The lowest BCUT2D eigenvalue weighted by Gasteiger charge is -2.32. The van der Waals surface area contributed by atoms with Crippen LogP contribution in [0, 0.1) is 11.3 Å². The van der Waals surface area contributed by atoms with E-state index in [1.54, 1.807) is 36.4 Å². The minimum Gasteiger partial charge on any atom is -0.492 e. The van der Waals surface area contributed by atoms with Crippen molar-refractivity contribution in [1.82, 2.24) is 31.2 Å². The standard InChI is InChI=1S/C47H60N12O7/c1-26-42(60)57-36(44(62)54-19-16-49)23-27-6-12-37(65-20-17-50)31(22-27)32-24-29(9-13-38(32)66-21-18-51)40(45(63)55-26)59(5)46(64)35(14-15-48)56-43(61)33-25-34(52)39(58-41(33)53)28-7-10-30(11-8-28)47(2,3)4/h6-13,22,24-26,35-36,40H,14-15,17-21,23,48,50-52H2,1-5H3,(H2,53,58)(H,54,62)(H,55,63)(H,56,61)(H,57,60). The largest absolute Gasteiger partial charge is 0.492 e. The maximum absolute atomic E-state index is 14.7. The van der Waals surface area contributed by atoms with E-state index < -0.39 is 53.7 Å². The van der Waals surface area contributed by atoms with Crippen LogP contribution in [0.15, 0.2) is 66.7 Å². The molecule has 4 bridgehead atoms. The first-order chi connectivity index (χ1) is 31.4. The summed E-state index contributed by atoms with van der Waals surface area (Å²) in [5, 5.41) is 19.8. The van der Waals surface area contributed by atoms with Crippen molar-refractivity contribution in [2.24, 2.45) is 17.2 Å². The molecule has 4 atom stereocenters. The first-order valence-electron chi connectivity index (χ1n) is 21.5. The summed E-state index contributed by atoms with van der Waals surface area (Å²) < 4.78 is 12.2. The fourth-order valence-electron chi connectivity index (χ4n) is 7.45. The predicted molar refractivity (Wildman–Crippen MR) is 250 cm³/mol. The van der Waals surface area contributed by atoms with Crippen LogP contribution < -0.4 is 59.4 Å². The third kappa shape index (κ3) is 11.9. The molecule has 0 saturated heterocycles. The molecule has 3 aromatic carbocycles. The molecule has 1 aliphatic rings. The molecule has 0 spiro atoms. The third-order valence-electron chi connectivity index (χ3n) is 11.0. The summed E-state index contributed by atoms with van der Waals surface area (Å²) in [5.74, 6) is -2.99. The molecule has 19 nitrogen and oxygen atoms in total. The summed E-state index contributed by atoms with van der Waals surface area (Å²) in [6.07, 6.45) is -0.0609. The van der Waals surface area contributed by atoms with Gasteiger partial charge in [0.1, 0.15) is 61.2 Å². The number of carbonyl (C=O) groups is 5. The Kier molecular flexibility index (Phi) is 16.6. The maximum Gasteiger partial charge on any atom is 0.255 e. The molecule has 350 valence electrons. The van der Waals surface area contributed by atoms with Crippen molar-refractivity contribution in [3.8, 4) is 40.0 Å². The Morgan fingerprint density at radius 1 is 0.894 bits per heavy atom. The molecule has 4 unspecified atom stereocenters. The number of benzene rings is 3. The van der Waals surface area contributed by atoms with Gasteiger partial charge in [0.05, 0.1) is 23.0 Å². The van der Waals surface area contributed by atoms with Crippen LogP contribution in [0.5, 0.6) is 11.5 Å². The average Bonchev–Trinajstić information content (AvgIpc) is 3.29. The molecule has 0 aliphatic carbocycles. The summed E-state index contributed by atoms with van der Waals surface area (Å²) in [4.78, 5) is 75.8. The lowest BCUT2D eigenvalue weighted by atomic mass is 9.86. The van der Waals surface area contributed by atoms with E-state index in [4.69, 9.17) is 43.4 Å². The minimum atomic E-state index is -1.44. The minimum absolute atomic E-state index is 0.00939. The number of rotatable bonds is 15. The number of ether oxygens (including phenoxy) is 2. The number of nitrogen functional groups attached to an aromatic ring is 2. The summed E-state index contributed by atoms with van der Waals surface area (Å²) in [6, 6.07) is 15.9. The lowest BCUT2D eigenvalue weighted by molar-refractivity contribution is -0.141. The number of anilines is 2. The number of nitriles is 1. The average molecular weight is 905 g/mol. The fourth-order valence-corrected chi connectivity index (χ4v) is 7.45. The number of carbonyl (C=O) groups excluding carboxylic acids is 5. The number of likely N-dealkylation sites (N-methyl/N-ethyl adjacent to an activating group) is 1. The molecule has 1 aliphatic heterocycles. The second-order valence-electron chi connectivity index (χ2n) is 16.9. The van der Waals surface area contributed by atoms with Crippen molar-refractivity contribution in [3.63, 3.8) is 0 Å². The van der Waals surface area contributed by atoms with Crippen molar-refractivity contribution in [2.75, 3.05) is 57.9 Å². The summed E-state index contributed by atoms with van der Waals surface area (Å²) in [6.45, 7) is 7.99. The van der Waals surface area contributed by atoms with Gasteiger partial charge >= 0.3 is 0 Å². The number of pyridine rings is 1. The van der Waals surface area contributed by atoms with Crippen molar-refractivity contribution in [3.05, 3.63) is 89.0 Å². The first-order valence-corrected chi connectivity index (χ1v) is 21.5. The fraction of sp³-hybridized carbons (Fsp3) is 0.383. The molecule has 0 radical (unpaired) electrons. The first kappa shape index (κ1) is 49.7. The van der Waals surface area contributed by atoms with E-state index >= 15 is 0 Å². The van der Waals surface area contributed by atoms with E-state index in [9.17, 15) is 24.0 Å². The van der Waals surface area contributed by atoms with Crippen LogP contribution in [0.1, 0.15) is 67.2 Å². The Bertz CT molecular complexity index is 2470. The van der Waals surface area contributed by atoms with Crippen LogP contribution in [-0.4, -0.2) is 104 Å². The number of amides is 5. The van der Waals surface area contributed by atoms with E-state index in [1.165, 1.54) is 20.0 Å². The van der Waals surface area contributed by atoms with Gasteiger partial charge in [-0.25, -0.2) is 4.98 Å². The maximum atomic E-state index is 14.7. The van der Waals surface area contributed by atoms with E-state index in [0.29, 0.717) is 39.4 Å². The summed E-state index contributed by atoms with van der Waals surface area (Å²) in [7, 11) is 1.38. The Balaban J connectivity index is 1.57. The Morgan fingerprint density at radius 2 is 1.53 bits per heavy atom. The van der Waals surface area contributed by atoms with Crippen molar-refractivity contribution in [1.29, 1.82) is 5.26 Å². The van der Waals surface area contributed by atoms with Gasteiger partial charge in [-0.3, -0.25) is 24.0 Å². The lowest BCUT2D eigenvalue weighted by Crippen LogP contribution is -2.56. The quantitative estimate of drug-likeness (QED) is 0.0762. The number of nitrogens with zero attached hydrogens (tertiary/aromatic N) is 3. The zero-order valence-corrected chi connectivity index (χ0v) is 37.9. The van der Waals surface area contributed by atoms with Gasteiger partial charge in [-0.05, 0) is 72.3 Å². The smallest absolute Gasteiger partial charge is 0.255 e. The normalized spacial score (nSPS) is 16.6. The highest BCUT2D eigenvalue weighted by molar-refractivity contribution is 6.03. The number of nitrogens with two attached hydrogens (primary N) is 5. The van der Waals surface area contributed by atoms with E-state index in [2.05, 4.69) is 47.0 Å². The second kappa shape index (κ2) is 22.1. The zero-order chi connectivity index (χ0) is 48.3. The molecule has 5 rings (SSSR count). The molecule has 2 heterocycles. The highest BCUT2D eigenvalue weighted by Crippen LogP contribution is 2.40. The van der Waals surface area contributed by atoms with Gasteiger partial charge in [0.25, 0.3) is 5.91 Å². The summed E-state index contributed by atoms with van der Waals surface area (Å²) in [5.41, 5.74) is 34.4. The molecular weight excluding hydrogens is 845 g/mol. The second-order valence-corrected chi connectivity index (χ2v) is 16.9. The number of nitrogens with one attached hydrogen (secondary N) is 4. The van der Waals surface area contributed by atoms with Gasteiger partial charge in [-0.1, -0.05) is 57.2 Å². The molecular formula is C47H60N12O7. The van der Waals surface area contributed by atoms with Crippen molar-refractivity contribution >= 4 is 41.0 Å². The van der Waals surface area contributed by atoms with Crippen LogP contribution in [0.3, 0.4) is 0 Å². The number of fused-ring (bicyclic) bond motifs is 5. The van der Waals surface area contributed by atoms with Gasteiger partial charge in [-0.15, -0.1) is 0 Å². The SMILES string of the molecule is CC1NC(=O)C(N(C)C(=O)C(CCN)NC(=O)c2cc(N)c(-c3ccc(C(C)(C)C)cc3)nc2N)c2ccc(OCCN)c(c2)-c2cc(ccc2OCCN)CC(C(=O)NCC#N)NC1=O. The van der Waals surface area contributed by atoms with Crippen molar-refractivity contribution in [2.45, 2.75) is 70.1 Å². The highest BCUT2D eigenvalue weighted by atomic mass is 16.5. The van der Waals surface area contributed by atoms with E-state index in [0.717, 1.165) is 10.5 Å². The Hall–Kier alpha value is -7.27. The zero-order valence-electron chi connectivity index (χ0n) is 37.9. The molecule has 4 aromatic rings. The number of hydrogen-bond donors (Lipinski definition) is 9. The van der Waals surface area contributed by atoms with Crippen LogP contribution in [-0.2, 0) is 31.0 Å². The van der Waals surface area contributed by atoms with Crippen molar-refractivity contribution < 1.29 is 33.4 Å². The summed E-state index contributed by atoms with van der Waals surface area (Å²) >= 11 is 0. The monoisotopic (exact) mass is 904 g/mol. The number of hydrogen-bond acceptors (Lipinski definition) is 14. The Labute approximate surface area is 384 Å². The van der Waals surface area contributed by atoms with E-state index in [-0.39, 0.29) is 80.3 Å². The van der Waals surface area contributed by atoms with Crippen LogP contribution in [0.25, 0.3) is 22.4 Å². The van der Waals surface area contributed by atoms with Crippen LogP contribution in [0.2, 0.25) is 0 Å². The molecule has 14 N–H and O–H groups in total. The predicted octanol–water partition coefficient (Wildman–Crippen LogP) is 1.38. The van der Waals surface area contributed by atoms with E-state index in [1.807, 2.05) is 30.3 Å². The molecule has 0 fully saturated rings. The van der Waals surface area contributed by atoms with Gasteiger partial charge < -0.3 is 64.3 Å². The molecule has 0 saturated carbocycles. The third-order valence-corrected chi connectivity index (χ3v) is 11.0. The van der Waals surface area contributed by atoms with Crippen LogP contribution >= 0.6 is 0 Å². The molecule has 5 amide bonds. The molecule has 1 aromatic heterocycles. The number of aromatic nitrogens is 1.